The molecule has 1 N–H and O–H groups in total. The second-order valence-electron chi connectivity index (χ2n) is 4.60. The lowest BCUT2D eigenvalue weighted by Crippen LogP contribution is -2.22. The van der Waals surface area contributed by atoms with Crippen molar-refractivity contribution in [2.75, 3.05) is 27.4 Å². The van der Waals surface area contributed by atoms with Gasteiger partial charge in [0.05, 0.1) is 19.8 Å². The zero-order valence-corrected chi connectivity index (χ0v) is 10.6. The minimum Gasteiger partial charge on any atom is -0.497 e. The maximum absolute atomic E-state index is 5.73. The second kappa shape index (κ2) is 6.03. The molecule has 1 aliphatic carbocycles. The van der Waals surface area contributed by atoms with Gasteiger partial charge in [0.1, 0.15) is 5.75 Å². The fourth-order valence-corrected chi connectivity index (χ4v) is 1.82. The predicted molar refractivity (Wildman–Crippen MR) is 68.3 cm³/mol. The summed E-state index contributed by atoms with van der Waals surface area (Å²) in [5.74, 6) is 1.71. The van der Waals surface area contributed by atoms with E-state index in [4.69, 9.17) is 9.47 Å². The van der Waals surface area contributed by atoms with E-state index in [1.165, 1.54) is 18.4 Å². The van der Waals surface area contributed by atoms with Crippen molar-refractivity contribution in [1.29, 1.82) is 0 Å². The number of methoxy groups -OCH3 is 1. The van der Waals surface area contributed by atoms with Gasteiger partial charge in [-0.05, 0) is 43.5 Å². The summed E-state index contributed by atoms with van der Waals surface area (Å²) in [5, 5.41) is 3.28. The van der Waals surface area contributed by atoms with E-state index in [2.05, 4.69) is 17.4 Å². The van der Waals surface area contributed by atoms with E-state index in [9.17, 15) is 0 Å². The van der Waals surface area contributed by atoms with Crippen LogP contribution >= 0.6 is 0 Å². The molecule has 0 amide bonds. The minimum absolute atomic E-state index is 0.264. The molecule has 1 aromatic rings. The normalized spacial score (nSPS) is 16.8. The zero-order valence-electron chi connectivity index (χ0n) is 10.6. The van der Waals surface area contributed by atoms with Crippen LogP contribution in [0.25, 0.3) is 0 Å². The first-order valence-corrected chi connectivity index (χ1v) is 6.22. The van der Waals surface area contributed by atoms with Gasteiger partial charge in [0.15, 0.2) is 0 Å². The molecule has 0 aliphatic heterocycles. The Hall–Kier alpha value is -1.06. The highest BCUT2D eigenvalue weighted by molar-refractivity contribution is 5.29. The highest BCUT2D eigenvalue weighted by Gasteiger charge is 2.21. The Kier molecular flexibility index (Phi) is 4.40. The number of hydrogen-bond acceptors (Lipinski definition) is 3. The van der Waals surface area contributed by atoms with Crippen molar-refractivity contribution >= 4 is 0 Å². The van der Waals surface area contributed by atoms with Crippen LogP contribution in [0.3, 0.4) is 0 Å². The third-order valence-electron chi connectivity index (χ3n) is 3.20. The second-order valence-corrected chi connectivity index (χ2v) is 4.60. The third kappa shape index (κ3) is 3.72. The lowest BCUT2D eigenvalue weighted by molar-refractivity contribution is 0.105. The molecular weight excluding hydrogens is 214 g/mol. The fourth-order valence-electron chi connectivity index (χ4n) is 1.82. The Labute approximate surface area is 103 Å². The quantitative estimate of drug-likeness (QED) is 0.787. The standard InChI is InChI=1S/C14H21NO2/c1-15-14(10-17-9-11-3-4-11)12-5-7-13(16-2)8-6-12/h5-8,11,14-15H,3-4,9-10H2,1-2H3. The number of ether oxygens (including phenoxy) is 2. The maximum Gasteiger partial charge on any atom is 0.118 e. The van der Waals surface area contributed by atoms with E-state index in [0.29, 0.717) is 0 Å². The molecule has 17 heavy (non-hydrogen) atoms. The first-order valence-electron chi connectivity index (χ1n) is 6.22. The van der Waals surface area contributed by atoms with Crippen LogP contribution < -0.4 is 10.1 Å². The van der Waals surface area contributed by atoms with Crippen LogP contribution in [0.2, 0.25) is 0 Å². The van der Waals surface area contributed by atoms with Crippen LogP contribution in [0.5, 0.6) is 5.75 Å². The van der Waals surface area contributed by atoms with Crippen LogP contribution in [0.4, 0.5) is 0 Å². The van der Waals surface area contributed by atoms with E-state index < -0.39 is 0 Å². The molecule has 0 aromatic heterocycles. The molecule has 3 nitrogen and oxygen atoms in total. The van der Waals surface area contributed by atoms with Gasteiger partial charge in [0.25, 0.3) is 0 Å². The molecule has 1 fully saturated rings. The van der Waals surface area contributed by atoms with Crippen molar-refractivity contribution in [2.24, 2.45) is 5.92 Å². The van der Waals surface area contributed by atoms with Gasteiger partial charge < -0.3 is 14.8 Å². The summed E-state index contributed by atoms with van der Waals surface area (Å²) in [5.41, 5.74) is 1.24. The molecule has 0 saturated heterocycles. The average Bonchev–Trinajstić information content (AvgIpc) is 3.19. The molecule has 0 radical (unpaired) electrons. The van der Waals surface area contributed by atoms with Gasteiger partial charge in [-0.25, -0.2) is 0 Å². The van der Waals surface area contributed by atoms with Gasteiger partial charge in [-0.1, -0.05) is 12.1 Å². The monoisotopic (exact) mass is 235 g/mol. The molecule has 0 bridgehead atoms. The van der Waals surface area contributed by atoms with Crippen molar-refractivity contribution in [1.82, 2.24) is 5.32 Å². The Balaban J connectivity index is 1.85. The Morgan fingerprint density at radius 2 is 2.00 bits per heavy atom. The molecule has 94 valence electrons. The zero-order chi connectivity index (χ0) is 12.1. The Bertz CT molecular complexity index is 333. The highest BCUT2D eigenvalue weighted by Crippen LogP contribution is 2.29. The third-order valence-corrected chi connectivity index (χ3v) is 3.20. The van der Waals surface area contributed by atoms with Gasteiger partial charge in [-0.3, -0.25) is 0 Å². The van der Waals surface area contributed by atoms with E-state index >= 15 is 0 Å². The number of benzene rings is 1. The molecule has 0 heterocycles. The van der Waals surface area contributed by atoms with Crippen molar-refractivity contribution < 1.29 is 9.47 Å². The molecule has 0 spiro atoms. The van der Waals surface area contributed by atoms with E-state index in [0.717, 1.165) is 24.9 Å². The molecule has 1 aliphatic rings. The van der Waals surface area contributed by atoms with Gasteiger partial charge in [0, 0.05) is 6.61 Å². The van der Waals surface area contributed by atoms with Crippen LogP contribution in [0, 0.1) is 5.92 Å². The van der Waals surface area contributed by atoms with E-state index in [-0.39, 0.29) is 6.04 Å². The van der Waals surface area contributed by atoms with Crippen LogP contribution in [0.15, 0.2) is 24.3 Å². The van der Waals surface area contributed by atoms with E-state index in [1.54, 1.807) is 7.11 Å². The first-order chi connectivity index (χ1) is 8.33. The Morgan fingerprint density at radius 1 is 1.29 bits per heavy atom. The number of likely N-dealkylation sites (N-methyl/N-ethyl adjacent to an activating group) is 1. The lowest BCUT2D eigenvalue weighted by Gasteiger charge is -2.17. The number of nitrogens with one attached hydrogen (secondary N) is 1. The molecule has 1 unspecified atom stereocenters. The average molecular weight is 235 g/mol. The van der Waals surface area contributed by atoms with Crippen molar-refractivity contribution in [3.63, 3.8) is 0 Å². The molecule has 1 saturated carbocycles. The van der Waals surface area contributed by atoms with Gasteiger partial charge in [0.2, 0.25) is 0 Å². The summed E-state index contributed by atoms with van der Waals surface area (Å²) in [6.07, 6.45) is 2.68. The van der Waals surface area contributed by atoms with Crippen LogP contribution in [-0.2, 0) is 4.74 Å². The minimum atomic E-state index is 0.264. The molecule has 1 atom stereocenters. The number of hydrogen-bond donors (Lipinski definition) is 1. The van der Waals surface area contributed by atoms with Crippen LogP contribution in [-0.4, -0.2) is 27.4 Å². The Morgan fingerprint density at radius 3 is 2.53 bits per heavy atom. The van der Waals surface area contributed by atoms with Crippen molar-refractivity contribution in [3.8, 4) is 5.75 Å². The van der Waals surface area contributed by atoms with Gasteiger partial charge in [-0.15, -0.1) is 0 Å². The SMILES string of the molecule is CNC(COCC1CC1)c1ccc(OC)cc1. The number of rotatable bonds is 7. The summed E-state index contributed by atoms with van der Waals surface area (Å²) in [6, 6.07) is 8.40. The topological polar surface area (TPSA) is 30.5 Å². The van der Waals surface area contributed by atoms with Crippen molar-refractivity contribution in [3.05, 3.63) is 29.8 Å². The summed E-state index contributed by atoms with van der Waals surface area (Å²) < 4.78 is 10.9. The van der Waals surface area contributed by atoms with Crippen molar-refractivity contribution in [2.45, 2.75) is 18.9 Å². The molecule has 3 heteroatoms. The lowest BCUT2D eigenvalue weighted by atomic mass is 10.1. The maximum atomic E-state index is 5.73. The molecule has 1 aromatic carbocycles. The smallest absolute Gasteiger partial charge is 0.118 e. The predicted octanol–water partition coefficient (Wildman–Crippen LogP) is 2.38. The molecular formula is C14H21NO2. The van der Waals surface area contributed by atoms with E-state index in [1.807, 2.05) is 19.2 Å². The molecule has 2 rings (SSSR count). The summed E-state index contributed by atoms with van der Waals surface area (Å²) in [6.45, 7) is 1.65. The largest absolute Gasteiger partial charge is 0.497 e. The fraction of sp³-hybridized carbons (Fsp3) is 0.571. The summed E-state index contributed by atoms with van der Waals surface area (Å²) in [7, 11) is 3.65. The van der Waals surface area contributed by atoms with Gasteiger partial charge in [-0.2, -0.15) is 0 Å². The highest BCUT2D eigenvalue weighted by atomic mass is 16.5. The van der Waals surface area contributed by atoms with Crippen LogP contribution in [0.1, 0.15) is 24.4 Å². The first kappa shape index (κ1) is 12.4. The summed E-state index contributed by atoms with van der Waals surface area (Å²) in [4.78, 5) is 0. The van der Waals surface area contributed by atoms with Gasteiger partial charge >= 0.3 is 0 Å². The summed E-state index contributed by atoms with van der Waals surface area (Å²) >= 11 is 0.